The number of hydrogen-bond acceptors (Lipinski definition) is 2. The summed E-state index contributed by atoms with van der Waals surface area (Å²) in [6.45, 7) is 3.90. The predicted molar refractivity (Wildman–Crippen MR) is 81.7 cm³/mol. The van der Waals surface area contributed by atoms with Crippen molar-refractivity contribution in [2.75, 3.05) is 27.2 Å². The first-order valence-electron chi connectivity index (χ1n) is 6.20. The maximum absolute atomic E-state index is 12.4. The zero-order chi connectivity index (χ0) is 13.3. The molecule has 3 nitrogen and oxygen atoms in total. The largest absolute Gasteiger partial charge is 0.337 e. The van der Waals surface area contributed by atoms with Crippen LogP contribution in [0.15, 0.2) is 24.3 Å². The van der Waals surface area contributed by atoms with E-state index in [4.69, 9.17) is 0 Å². The molecular formula is C14H19IN2O. The number of carbonyl (C=O) groups excluding carboxylic acids is 1. The van der Waals surface area contributed by atoms with E-state index >= 15 is 0 Å². The van der Waals surface area contributed by atoms with Gasteiger partial charge in [-0.1, -0.05) is 6.92 Å². The second-order valence-electron chi connectivity index (χ2n) is 5.23. The number of hydrogen-bond donors (Lipinski definition) is 0. The normalized spacial score (nSPS) is 23.7. The Labute approximate surface area is 122 Å². The lowest BCUT2D eigenvalue weighted by Gasteiger charge is -2.22. The van der Waals surface area contributed by atoms with Crippen LogP contribution in [0.5, 0.6) is 0 Å². The van der Waals surface area contributed by atoms with Gasteiger partial charge in [-0.25, -0.2) is 0 Å². The van der Waals surface area contributed by atoms with Crippen LogP contribution in [0.4, 0.5) is 0 Å². The number of nitrogens with zero attached hydrogens (tertiary/aromatic N) is 2. The summed E-state index contributed by atoms with van der Waals surface area (Å²) >= 11 is 2.25. The molecule has 0 radical (unpaired) electrons. The molecule has 0 aliphatic carbocycles. The predicted octanol–water partition coefficient (Wildman–Crippen LogP) is 2.31. The average Bonchev–Trinajstić information content (AvgIpc) is 2.71. The van der Waals surface area contributed by atoms with Crippen molar-refractivity contribution >= 4 is 28.5 Å². The summed E-state index contributed by atoms with van der Waals surface area (Å²) < 4.78 is 1.16. The van der Waals surface area contributed by atoms with Crippen molar-refractivity contribution in [3.8, 4) is 0 Å². The standard InChI is InChI=1S/C14H19IN2O/c1-10-8-17(9-13(10)16(2)3)14(18)11-4-6-12(15)7-5-11/h4-7,10,13H,8-9H2,1-3H3. The highest BCUT2D eigenvalue weighted by molar-refractivity contribution is 14.1. The second-order valence-corrected chi connectivity index (χ2v) is 6.47. The molecule has 18 heavy (non-hydrogen) atoms. The van der Waals surface area contributed by atoms with Gasteiger partial charge >= 0.3 is 0 Å². The third-order valence-corrected chi connectivity index (χ3v) is 4.33. The maximum Gasteiger partial charge on any atom is 0.253 e. The third kappa shape index (κ3) is 2.85. The van der Waals surface area contributed by atoms with Crippen LogP contribution in [0.25, 0.3) is 0 Å². The molecule has 2 atom stereocenters. The molecule has 0 N–H and O–H groups in total. The fourth-order valence-corrected chi connectivity index (χ4v) is 2.92. The summed E-state index contributed by atoms with van der Waals surface area (Å²) in [6, 6.07) is 8.26. The minimum absolute atomic E-state index is 0.155. The van der Waals surface area contributed by atoms with Gasteiger partial charge in [0.25, 0.3) is 5.91 Å². The number of carbonyl (C=O) groups is 1. The van der Waals surface area contributed by atoms with Crippen molar-refractivity contribution in [1.29, 1.82) is 0 Å². The SMILES string of the molecule is CC1CN(C(=O)c2ccc(I)cc2)CC1N(C)C. The molecule has 0 saturated carbocycles. The van der Waals surface area contributed by atoms with Crippen molar-refractivity contribution in [2.45, 2.75) is 13.0 Å². The molecule has 98 valence electrons. The number of amides is 1. The molecule has 1 fully saturated rings. The van der Waals surface area contributed by atoms with E-state index < -0.39 is 0 Å². The fourth-order valence-electron chi connectivity index (χ4n) is 2.56. The molecule has 0 aromatic heterocycles. The Morgan fingerprint density at radius 1 is 1.28 bits per heavy atom. The highest BCUT2D eigenvalue weighted by Gasteiger charge is 2.33. The van der Waals surface area contributed by atoms with Crippen LogP contribution < -0.4 is 0 Å². The fraction of sp³-hybridized carbons (Fsp3) is 0.500. The topological polar surface area (TPSA) is 23.6 Å². The lowest BCUT2D eigenvalue weighted by molar-refractivity contribution is 0.0781. The van der Waals surface area contributed by atoms with Crippen molar-refractivity contribution < 1.29 is 4.79 Å². The molecule has 1 heterocycles. The van der Waals surface area contributed by atoms with Crippen molar-refractivity contribution in [2.24, 2.45) is 5.92 Å². The quantitative estimate of drug-likeness (QED) is 0.758. The first-order chi connectivity index (χ1) is 8.49. The molecule has 1 aromatic rings. The molecule has 1 aromatic carbocycles. The Balaban J connectivity index is 2.09. The van der Waals surface area contributed by atoms with Gasteiger partial charge in [-0.3, -0.25) is 4.79 Å². The summed E-state index contributed by atoms with van der Waals surface area (Å²) in [4.78, 5) is 16.6. The van der Waals surface area contributed by atoms with Crippen molar-refractivity contribution in [1.82, 2.24) is 9.80 Å². The van der Waals surface area contributed by atoms with E-state index in [1.807, 2.05) is 29.2 Å². The van der Waals surface area contributed by atoms with Gasteiger partial charge in [0.2, 0.25) is 0 Å². The molecule has 1 aliphatic rings. The number of benzene rings is 1. The van der Waals surface area contributed by atoms with E-state index in [1.54, 1.807) is 0 Å². The van der Waals surface area contributed by atoms with Crippen molar-refractivity contribution in [3.63, 3.8) is 0 Å². The molecule has 2 rings (SSSR count). The summed E-state index contributed by atoms with van der Waals surface area (Å²) in [7, 11) is 4.17. The Hall–Kier alpha value is -0.620. The van der Waals surface area contributed by atoms with Crippen LogP contribution in [0.3, 0.4) is 0 Å². The maximum atomic E-state index is 12.4. The Bertz CT molecular complexity index is 430. The lowest BCUT2D eigenvalue weighted by Crippen LogP contribution is -2.35. The van der Waals surface area contributed by atoms with Crippen molar-refractivity contribution in [3.05, 3.63) is 33.4 Å². The number of halogens is 1. The molecule has 1 aliphatic heterocycles. The van der Waals surface area contributed by atoms with E-state index in [0.717, 1.165) is 22.2 Å². The van der Waals surface area contributed by atoms with Gasteiger partial charge in [0, 0.05) is 28.3 Å². The van der Waals surface area contributed by atoms with Crippen LogP contribution in [-0.2, 0) is 0 Å². The second kappa shape index (κ2) is 5.57. The number of rotatable bonds is 2. The third-order valence-electron chi connectivity index (χ3n) is 3.61. The van der Waals surface area contributed by atoms with E-state index in [9.17, 15) is 4.79 Å². The first kappa shape index (κ1) is 13.8. The number of likely N-dealkylation sites (tertiary alicyclic amines) is 1. The van der Waals surface area contributed by atoms with Gasteiger partial charge < -0.3 is 9.80 Å². The van der Waals surface area contributed by atoms with E-state index in [-0.39, 0.29) is 5.91 Å². The van der Waals surface area contributed by atoms with Crippen LogP contribution >= 0.6 is 22.6 Å². The molecule has 0 spiro atoms. The van der Waals surface area contributed by atoms with Gasteiger partial charge in [0.15, 0.2) is 0 Å². The highest BCUT2D eigenvalue weighted by Crippen LogP contribution is 2.22. The van der Waals surface area contributed by atoms with Gasteiger partial charge in [0.1, 0.15) is 0 Å². The summed E-state index contributed by atoms with van der Waals surface area (Å²) in [6.07, 6.45) is 0. The molecule has 4 heteroatoms. The van der Waals surface area contributed by atoms with Crippen LogP contribution in [0.2, 0.25) is 0 Å². The summed E-state index contributed by atoms with van der Waals surface area (Å²) in [5.74, 6) is 0.690. The minimum atomic E-state index is 0.155. The summed E-state index contributed by atoms with van der Waals surface area (Å²) in [5.41, 5.74) is 0.794. The Morgan fingerprint density at radius 3 is 2.39 bits per heavy atom. The van der Waals surface area contributed by atoms with Crippen LogP contribution in [0, 0.1) is 9.49 Å². The first-order valence-corrected chi connectivity index (χ1v) is 7.28. The minimum Gasteiger partial charge on any atom is -0.337 e. The molecule has 1 amide bonds. The van der Waals surface area contributed by atoms with Crippen LogP contribution in [-0.4, -0.2) is 48.9 Å². The van der Waals surface area contributed by atoms with E-state index in [0.29, 0.717) is 12.0 Å². The molecular weight excluding hydrogens is 339 g/mol. The molecule has 1 saturated heterocycles. The smallest absolute Gasteiger partial charge is 0.253 e. The number of likely N-dealkylation sites (N-methyl/N-ethyl adjacent to an activating group) is 1. The van der Waals surface area contributed by atoms with Crippen LogP contribution in [0.1, 0.15) is 17.3 Å². The molecule has 0 bridgehead atoms. The Morgan fingerprint density at radius 2 is 1.89 bits per heavy atom. The Kier molecular flexibility index (Phi) is 4.27. The zero-order valence-electron chi connectivity index (χ0n) is 11.1. The lowest BCUT2D eigenvalue weighted by atomic mass is 10.1. The average molecular weight is 358 g/mol. The van der Waals surface area contributed by atoms with Gasteiger partial charge in [-0.2, -0.15) is 0 Å². The molecule has 2 unspecified atom stereocenters. The van der Waals surface area contributed by atoms with Gasteiger partial charge in [-0.05, 0) is 66.9 Å². The monoisotopic (exact) mass is 358 g/mol. The van der Waals surface area contributed by atoms with E-state index in [1.165, 1.54) is 0 Å². The van der Waals surface area contributed by atoms with Gasteiger partial charge in [-0.15, -0.1) is 0 Å². The van der Waals surface area contributed by atoms with Gasteiger partial charge in [0.05, 0.1) is 0 Å². The zero-order valence-corrected chi connectivity index (χ0v) is 13.2. The van der Waals surface area contributed by atoms with E-state index in [2.05, 4.69) is 48.5 Å². The summed E-state index contributed by atoms with van der Waals surface area (Å²) in [5, 5.41) is 0. The highest BCUT2D eigenvalue weighted by atomic mass is 127.